The quantitative estimate of drug-likeness (QED) is 0.713. The van der Waals surface area contributed by atoms with Crippen molar-refractivity contribution in [2.75, 3.05) is 44.6 Å². The van der Waals surface area contributed by atoms with Gasteiger partial charge in [-0.15, -0.1) is 0 Å². The first-order valence-corrected chi connectivity index (χ1v) is 10.3. The Hall–Kier alpha value is -2.34. The van der Waals surface area contributed by atoms with Crippen molar-refractivity contribution in [2.45, 2.75) is 13.8 Å². The van der Waals surface area contributed by atoms with Crippen molar-refractivity contribution in [3.63, 3.8) is 0 Å². The zero-order valence-corrected chi connectivity index (χ0v) is 17.8. The minimum Gasteiger partial charge on any atom is -0.491 e. The number of nitrogens with one attached hydrogen (secondary N) is 2. The maximum atomic E-state index is 12.9. The normalized spacial score (nSPS) is 14.9. The topological polar surface area (TPSA) is 53.6 Å². The molecule has 0 saturated carbocycles. The van der Waals surface area contributed by atoms with Gasteiger partial charge in [0, 0.05) is 43.4 Å². The molecule has 1 heterocycles. The Balaban J connectivity index is 1.67. The van der Waals surface area contributed by atoms with Crippen LogP contribution in [0.5, 0.6) is 5.75 Å². The van der Waals surface area contributed by atoms with Crippen LogP contribution in [0.1, 0.15) is 28.4 Å². The second-order valence-corrected chi connectivity index (χ2v) is 7.54. The average Bonchev–Trinajstić information content (AvgIpc) is 2.72. The van der Waals surface area contributed by atoms with Crippen LogP contribution < -0.4 is 15.4 Å². The lowest BCUT2D eigenvalue weighted by molar-refractivity contribution is 0.102. The van der Waals surface area contributed by atoms with E-state index in [1.807, 2.05) is 44.2 Å². The molecule has 2 aromatic rings. The number of amides is 1. The Morgan fingerprint density at radius 2 is 2.03 bits per heavy atom. The van der Waals surface area contributed by atoms with Gasteiger partial charge < -0.3 is 15.4 Å². The van der Waals surface area contributed by atoms with Gasteiger partial charge in [0.15, 0.2) is 0 Å². The number of allylic oxidation sites excluding steroid dienone is 1. The van der Waals surface area contributed by atoms with Crippen molar-refractivity contribution >= 4 is 29.3 Å². The number of nitrogens with zero attached hydrogens (tertiary/aromatic N) is 1. The Bertz CT molecular complexity index is 876. The van der Waals surface area contributed by atoms with Crippen LogP contribution in [0.25, 0.3) is 6.08 Å². The van der Waals surface area contributed by atoms with Crippen LogP contribution in [-0.4, -0.2) is 50.1 Å². The molecule has 29 heavy (non-hydrogen) atoms. The Labute approximate surface area is 177 Å². The Morgan fingerprint density at radius 1 is 1.24 bits per heavy atom. The summed E-state index contributed by atoms with van der Waals surface area (Å²) in [5.74, 6) is 0.312. The zero-order chi connectivity index (χ0) is 20.6. The predicted octanol–water partition coefficient (Wildman–Crippen LogP) is 4.22. The first kappa shape index (κ1) is 21.4. The molecule has 1 amide bonds. The molecule has 5 nitrogen and oxygen atoms in total. The van der Waals surface area contributed by atoms with E-state index in [4.69, 9.17) is 16.3 Å². The molecule has 0 aliphatic carbocycles. The van der Waals surface area contributed by atoms with E-state index in [2.05, 4.69) is 15.5 Å². The van der Waals surface area contributed by atoms with E-state index < -0.39 is 0 Å². The van der Waals surface area contributed by atoms with Crippen LogP contribution in [0.2, 0.25) is 5.02 Å². The fraction of sp³-hybridized carbons (Fsp3) is 0.348. The number of anilines is 1. The second kappa shape index (κ2) is 10.4. The second-order valence-electron chi connectivity index (χ2n) is 7.11. The van der Waals surface area contributed by atoms with E-state index >= 15 is 0 Å². The molecule has 3 rings (SSSR count). The number of hydrogen-bond donors (Lipinski definition) is 2. The molecule has 0 bridgehead atoms. The van der Waals surface area contributed by atoms with Crippen LogP contribution in [-0.2, 0) is 0 Å². The van der Waals surface area contributed by atoms with Gasteiger partial charge in [0.05, 0.1) is 5.56 Å². The standard InChI is InChI=1S/C23H28ClN3O2/c1-3-4-18-5-7-20(15-17(18)2)26-23(28)21-16-19(24)6-8-22(21)29-14-13-27-11-9-25-10-12-27/h3-8,15-16,25H,9-14H2,1-2H3,(H,26,28)/b4-3-. The molecule has 0 radical (unpaired) electrons. The smallest absolute Gasteiger partial charge is 0.259 e. The summed E-state index contributed by atoms with van der Waals surface area (Å²) >= 11 is 6.14. The third kappa shape index (κ3) is 6.07. The number of piperazine rings is 1. The molecule has 2 aromatic carbocycles. The number of ether oxygens (including phenoxy) is 1. The molecule has 0 unspecified atom stereocenters. The third-order valence-corrected chi connectivity index (χ3v) is 5.17. The molecule has 0 spiro atoms. The van der Waals surface area contributed by atoms with E-state index in [0.717, 1.165) is 49.5 Å². The van der Waals surface area contributed by atoms with Crippen LogP contribution in [0, 0.1) is 6.92 Å². The van der Waals surface area contributed by atoms with Crippen LogP contribution >= 0.6 is 11.6 Å². The fourth-order valence-corrected chi connectivity index (χ4v) is 3.52. The van der Waals surface area contributed by atoms with E-state index in [9.17, 15) is 4.79 Å². The molecule has 2 N–H and O–H groups in total. The predicted molar refractivity (Wildman–Crippen MR) is 120 cm³/mol. The molecule has 1 aliphatic rings. The summed E-state index contributed by atoms with van der Waals surface area (Å²) in [6, 6.07) is 11.0. The lowest BCUT2D eigenvalue weighted by Crippen LogP contribution is -2.44. The highest BCUT2D eigenvalue weighted by molar-refractivity contribution is 6.31. The summed E-state index contributed by atoms with van der Waals surface area (Å²) in [4.78, 5) is 15.2. The number of rotatable bonds is 7. The largest absolute Gasteiger partial charge is 0.491 e. The van der Waals surface area contributed by atoms with Gasteiger partial charge in [-0.1, -0.05) is 29.8 Å². The lowest BCUT2D eigenvalue weighted by Gasteiger charge is -2.27. The van der Waals surface area contributed by atoms with Crippen LogP contribution in [0.15, 0.2) is 42.5 Å². The van der Waals surface area contributed by atoms with Crippen molar-refractivity contribution in [1.29, 1.82) is 0 Å². The molecular formula is C23H28ClN3O2. The van der Waals surface area contributed by atoms with Crippen molar-refractivity contribution in [2.24, 2.45) is 0 Å². The molecule has 1 fully saturated rings. The van der Waals surface area contributed by atoms with E-state index in [1.54, 1.807) is 18.2 Å². The van der Waals surface area contributed by atoms with Gasteiger partial charge in [-0.2, -0.15) is 0 Å². The SMILES string of the molecule is C/C=C\c1ccc(NC(=O)c2cc(Cl)ccc2OCCN2CCNCC2)cc1C. The molecule has 0 atom stereocenters. The first-order chi connectivity index (χ1) is 14.1. The highest BCUT2D eigenvalue weighted by Crippen LogP contribution is 2.25. The first-order valence-electron chi connectivity index (χ1n) is 9.97. The molecule has 6 heteroatoms. The van der Waals surface area contributed by atoms with Gasteiger partial charge in [0.2, 0.25) is 0 Å². The molecule has 0 aromatic heterocycles. The summed E-state index contributed by atoms with van der Waals surface area (Å²) in [5, 5.41) is 6.80. The number of carbonyl (C=O) groups excluding carboxylic acids is 1. The van der Waals surface area contributed by atoms with Crippen molar-refractivity contribution in [3.8, 4) is 5.75 Å². The number of carbonyl (C=O) groups is 1. The van der Waals surface area contributed by atoms with Gasteiger partial charge >= 0.3 is 0 Å². The Kier molecular flexibility index (Phi) is 7.69. The number of halogens is 1. The van der Waals surface area contributed by atoms with Gasteiger partial charge in [0.1, 0.15) is 12.4 Å². The molecule has 1 saturated heterocycles. The highest BCUT2D eigenvalue weighted by atomic mass is 35.5. The number of aryl methyl sites for hydroxylation is 1. The minimum atomic E-state index is -0.233. The molecule has 154 valence electrons. The van der Waals surface area contributed by atoms with E-state index in [1.165, 1.54) is 0 Å². The van der Waals surface area contributed by atoms with Crippen LogP contribution in [0.4, 0.5) is 5.69 Å². The third-order valence-electron chi connectivity index (χ3n) is 4.93. The van der Waals surface area contributed by atoms with Gasteiger partial charge in [0.25, 0.3) is 5.91 Å². The number of hydrogen-bond acceptors (Lipinski definition) is 4. The minimum absolute atomic E-state index is 0.233. The van der Waals surface area contributed by atoms with Crippen molar-refractivity contribution < 1.29 is 9.53 Å². The van der Waals surface area contributed by atoms with E-state index in [-0.39, 0.29) is 5.91 Å². The number of benzene rings is 2. The molecule has 1 aliphatic heterocycles. The van der Waals surface area contributed by atoms with Gasteiger partial charge in [-0.05, 0) is 55.3 Å². The summed E-state index contributed by atoms with van der Waals surface area (Å²) in [7, 11) is 0. The van der Waals surface area contributed by atoms with Gasteiger partial charge in [-0.3, -0.25) is 9.69 Å². The summed E-state index contributed by atoms with van der Waals surface area (Å²) in [6.45, 7) is 9.39. The highest BCUT2D eigenvalue weighted by Gasteiger charge is 2.15. The zero-order valence-electron chi connectivity index (χ0n) is 17.0. The van der Waals surface area contributed by atoms with Crippen molar-refractivity contribution in [1.82, 2.24) is 10.2 Å². The van der Waals surface area contributed by atoms with Gasteiger partial charge in [-0.25, -0.2) is 0 Å². The average molecular weight is 414 g/mol. The van der Waals surface area contributed by atoms with E-state index in [0.29, 0.717) is 22.9 Å². The monoisotopic (exact) mass is 413 g/mol. The molecular weight excluding hydrogens is 386 g/mol. The maximum absolute atomic E-state index is 12.9. The Morgan fingerprint density at radius 3 is 2.76 bits per heavy atom. The lowest BCUT2D eigenvalue weighted by atomic mass is 10.1. The summed E-state index contributed by atoms with van der Waals surface area (Å²) in [5.41, 5.74) is 3.41. The summed E-state index contributed by atoms with van der Waals surface area (Å²) < 4.78 is 5.94. The van der Waals surface area contributed by atoms with Crippen molar-refractivity contribution in [3.05, 3.63) is 64.2 Å². The fourth-order valence-electron chi connectivity index (χ4n) is 3.34. The van der Waals surface area contributed by atoms with Crippen LogP contribution in [0.3, 0.4) is 0 Å². The maximum Gasteiger partial charge on any atom is 0.259 e. The summed E-state index contributed by atoms with van der Waals surface area (Å²) in [6.07, 6.45) is 4.04.